The van der Waals surface area contributed by atoms with Gasteiger partial charge in [0.15, 0.2) is 0 Å². The third-order valence-electron chi connectivity index (χ3n) is 3.52. The summed E-state index contributed by atoms with van der Waals surface area (Å²) in [4.78, 5) is 23.9. The molecule has 0 aliphatic rings. The molecule has 0 saturated carbocycles. The predicted octanol–water partition coefficient (Wildman–Crippen LogP) is 3.73. The SMILES string of the molecule is Cc1ccc(NC(=O)C(=O)Nc2ccc3ccccc3c2)cc1. The fourth-order valence-electron chi connectivity index (χ4n) is 2.28. The second-order valence-electron chi connectivity index (χ2n) is 5.34. The van der Waals surface area contributed by atoms with Gasteiger partial charge < -0.3 is 10.6 Å². The number of nitrogens with one attached hydrogen (secondary N) is 2. The Morgan fingerprint density at radius 1 is 0.696 bits per heavy atom. The standard InChI is InChI=1S/C19H16N2O2/c1-13-6-9-16(10-7-13)20-18(22)19(23)21-17-11-8-14-4-2-3-5-15(14)12-17/h2-12H,1H3,(H,20,22)(H,21,23). The number of anilines is 2. The second-order valence-corrected chi connectivity index (χ2v) is 5.34. The fourth-order valence-corrected chi connectivity index (χ4v) is 2.28. The fraction of sp³-hybridized carbons (Fsp3) is 0.0526. The van der Waals surface area contributed by atoms with Crippen LogP contribution in [0.2, 0.25) is 0 Å². The molecule has 114 valence electrons. The number of carbonyl (C=O) groups excluding carboxylic acids is 2. The van der Waals surface area contributed by atoms with Gasteiger partial charge in [0.25, 0.3) is 0 Å². The molecule has 3 rings (SSSR count). The maximum Gasteiger partial charge on any atom is 0.314 e. The van der Waals surface area contributed by atoms with Gasteiger partial charge in [-0.3, -0.25) is 9.59 Å². The van der Waals surface area contributed by atoms with Gasteiger partial charge >= 0.3 is 11.8 Å². The van der Waals surface area contributed by atoms with Crippen molar-refractivity contribution in [2.24, 2.45) is 0 Å². The Morgan fingerprint density at radius 2 is 1.26 bits per heavy atom. The first-order valence-corrected chi connectivity index (χ1v) is 7.29. The lowest BCUT2D eigenvalue weighted by Gasteiger charge is -2.08. The van der Waals surface area contributed by atoms with E-state index in [0.717, 1.165) is 16.3 Å². The largest absolute Gasteiger partial charge is 0.318 e. The molecule has 0 heterocycles. The minimum Gasteiger partial charge on any atom is -0.318 e. The Hall–Kier alpha value is -3.14. The predicted molar refractivity (Wildman–Crippen MR) is 92.4 cm³/mol. The summed E-state index contributed by atoms with van der Waals surface area (Å²) in [6.45, 7) is 1.96. The molecule has 0 atom stereocenters. The van der Waals surface area contributed by atoms with Crippen LogP contribution in [0.4, 0.5) is 11.4 Å². The highest BCUT2D eigenvalue weighted by Gasteiger charge is 2.14. The van der Waals surface area contributed by atoms with Crippen LogP contribution in [0.3, 0.4) is 0 Å². The molecule has 0 radical (unpaired) electrons. The quantitative estimate of drug-likeness (QED) is 0.709. The summed E-state index contributed by atoms with van der Waals surface area (Å²) in [6.07, 6.45) is 0. The zero-order valence-electron chi connectivity index (χ0n) is 12.7. The maximum absolute atomic E-state index is 12.0. The number of rotatable bonds is 2. The van der Waals surface area contributed by atoms with Crippen LogP contribution in [0.15, 0.2) is 66.7 Å². The van der Waals surface area contributed by atoms with Gasteiger partial charge in [-0.1, -0.05) is 48.0 Å². The number of hydrogen-bond acceptors (Lipinski definition) is 2. The van der Waals surface area contributed by atoms with E-state index in [1.807, 2.05) is 55.5 Å². The van der Waals surface area contributed by atoms with E-state index < -0.39 is 11.8 Å². The van der Waals surface area contributed by atoms with E-state index in [1.165, 1.54) is 0 Å². The average Bonchev–Trinajstić information content (AvgIpc) is 2.56. The van der Waals surface area contributed by atoms with Gasteiger partial charge in [-0.05, 0) is 42.0 Å². The summed E-state index contributed by atoms with van der Waals surface area (Å²) in [5.41, 5.74) is 2.27. The van der Waals surface area contributed by atoms with Crippen molar-refractivity contribution in [3.05, 3.63) is 72.3 Å². The molecule has 4 heteroatoms. The molecule has 2 N–H and O–H groups in total. The zero-order chi connectivity index (χ0) is 16.2. The molecule has 2 amide bonds. The first-order valence-electron chi connectivity index (χ1n) is 7.29. The van der Waals surface area contributed by atoms with Gasteiger partial charge in [-0.15, -0.1) is 0 Å². The van der Waals surface area contributed by atoms with Crippen molar-refractivity contribution in [3.63, 3.8) is 0 Å². The van der Waals surface area contributed by atoms with Crippen molar-refractivity contribution < 1.29 is 9.59 Å². The second kappa shape index (κ2) is 6.32. The number of fused-ring (bicyclic) bond motifs is 1. The van der Waals surface area contributed by atoms with E-state index in [4.69, 9.17) is 0 Å². The van der Waals surface area contributed by atoms with Crippen molar-refractivity contribution in [3.8, 4) is 0 Å². The summed E-state index contributed by atoms with van der Waals surface area (Å²) >= 11 is 0. The van der Waals surface area contributed by atoms with Crippen LogP contribution in [0.1, 0.15) is 5.56 Å². The summed E-state index contributed by atoms with van der Waals surface area (Å²) < 4.78 is 0. The monoisotopic (exact) mass is 304 g/mol. The minimum absolute atomic E-state index is 0.591. The smallest absolute Gasteiger partial charge is 0.314 e. The molecular weight excluding hydrogens is 288 g/mol. The van der Waals surface area contributed by atoms with Gasteiger partial charge in [0.2, 0.25) is 0 Å². The molecule has 0 fully saturated rings. The summed E-state index contributed by atoms with van der Waals surface area (Å²) in [5.74, 6) is -1.39. The molecule has 23 heavy (non-hydrogen) atoms. The van der Waals surface area contributed by atoms with Crippen LogP contribution in [0, 0.1) is 6.92 Å². The molecule has 0 aromatic heterocycles. The minimum atomic E-state index is -0.694. The van der Waals surface area contributed by atoms with Gasteiger partial charge in [0, 0.05) is 11.4 Å². The molecule has 0 aliphatic heterocycles. The first kappa shape index (κ1) is 14.8. The highest BCUT2D eigenvalue weighted by molar-refractivity contribution is 6.43. The van der Waals surface area contributed by atoms with E-state index in [2.05, 4.69) is 10.6 Å². The third kappa shape index (κ3) is 3.55. The summed E-state index contributed by atoms with van der Waals surface area (Å²) in [6, 6.07) is 20.6. The van der Waals surface area contributed by atoms with Crippen LogP contribution in [0.5, 0.6) is 0 Å². The zero-order valence-corrected chi connectivity index (χ0v) is 12.7. The van der Waals surface area contributed by atoms with Crippen LogP contribution < -0.4 is 10.6 Å². The number of aryl methyl sites for hydroxylation is 1. The van der Waals surface area contributed by atoms with Crippen molar-refractivity contribution in [2.75, 3.05) is 10.6 Å². The summed E-state index contributed by atoms with van der Waals surface area (Å²) in [5, 5.41) is 7.27. The van der Waals surface area contributed by atoms with Gasteiger partial charge in [-0.25, -0.2) is 0 Å². The van der Waals surface area contributed by atoms with Gasteiger partial charge in [-0.2, -0.15) is 0 Å². The molecular formula is C19H16N2O2. The van der Waals surface area contributed by atoms with Gasteiger partial charge in [0.05, 0.1) is 0 Å². The van der Waals surface area contributed by atoms with Crippen molar-refractivity contribution in [2.45, 2.75) is 6.92 Å². The molecule has 3 aromatic carbocycles. The molecule has 3 aromatic rings. The Balaban J connectivity index is 1.69. The van der Waals surface area contributed by atoms with Crippen LogP contribution in [-0.2, 0) is 9.59 Å². The normalized spacial score (nSPS) is 10.3. The summed E-state index contributed by atoms with van der Waals surface area (Å²) in [7, 11) is 0. The molecule has 0 spiro atoms. The Kier molecular flexibility index (Phi) is 4.06. The molecule has 0 unspecified atom stereocenters. The lowest BCUT2D eigenvalue weighted by atomic mass is 10.1. The topological polar surface area (TPSA) is 58.2 Å². The van der Waals surface area contributed by atoms with E-state index in [0.29, 0.717) is 11.4 Å². The van der Waals surface area contributed by atoms with Crippen molar-refractivity contribution in [1.29, 1.82) is 0 Å². The molecule has 4 nitrogen and oxygen atoms in total. The highest BCUT2D eigenvalue weighted by atomic mass is 16.2. The Bertz CT molecular complexity index is 870. The number of amides is 2. The number of hydrogen-bond donors (Lipinski definition) is 2. The van der Waals surface area contributed by atoms with Crippen LogP contribution in [0.25, 0.3) is 10.8 Å². The van der Waals surface area contributed by atoms with Crippen molar-refractivity contribution in [1.82, 2.24) is 0 Å². The molecule has 0 aliphatic carbocycles. The molecule has 0 saturated heterocycles. The lowest BCUT2D eigenvalue weighted by Crippen LogP contribution is -2.29. The van der Waals surface area contributed by atoms with E-state index in [1.54, 1.807) is 18.2 Å². The third-order valence-corrected chi connectivity index (χ3v) is 3.52. The van der Waals surface area contributed by atoms with E-state index in [9.17, 15) is 9.59 Å². The maximum atomic E-state index is 12.0. The number of benzene rings is 3. The average molecular weight is 304 g/mol. The Morgan fingerprint density at radius 3 is 1.96 bits per heavy atom. The van der Waals surface area contributed by atoms with Gasteiger partial charge in [0.1, 0.15) is 0 Å². The highest BCUT2D eigenvalue weighted by Crippen LogP contribution is 2.18. The lowest BCUT2D eigenvalue weighted by molar-refractivity contribution is -0.132. The van der Waals surface area contributed by atoms with Crippen LogP contribution >= 0.6 is 0 Å². The van der Waals surface area contributed by atoms with Crippen molar-refractivity contribution >= 4 is 34.0 Å². The first-order chi connectivity index (χ1) is 11.1. The van der Waals surface area contributed by atoms with E-state index >= 15 is 0 Å². The van der Waals surface area contributed by atoms with E-state index in [-0.39, 0.29) is 0 Å². The van der Waals surface area contributed by atoms with Crippen LogP contribution in [-0.4, -0.2) is 11.8 Å². The number of carbonyl (C=O) groups is 2. The molecule has 0 bridgehead atoms. The Labute approximate surface area is 134 Å².